The van der Waals surface area contributed by atoms with Crippen LogP contribution in [0.25, 0.3) is 0 Å². The molecule has 1 heteroatoms. The highest BCUT2D eigenvalue weighted by atomic mass is 35.5. The molecular formula is C7H9Cl. The van der Waals surface area contributed by atoms with Crippen LogP contribution in [0.5, 0.6) is 0 Å². The van der Waals surface area contributed by atoms with Crippen molar-refractivity contribution in [1.82, 2.24) is 0 Å². The molecule has 0 bridgehead atoms. The minimum atomic E-state index is 0.519. The van der Waals surface area contributed by atoms with Crippen molar-refractivity contribution in [3.05, 3.63) is 12.2 Å². The molecule has 1 fully saturated rings. The van der Waals surface area contributed by atoms with E-state index in [0.717, 1.165) is 11.8 Å². The van der Waals surface area contributed by atoms with Crippen molar-refractivity contribution in [2.45, 2.75) is 18.2 Å². The van der Waals surface area contributed by atoms with E-state index in [4.69, 9.17) is 11.6 Å². The summed E-state index contributed by atoms with van der Waals surface area (Å²) >= 11 is 5.92. The van der Waals surface area contributed by atoms with Gasteiger partial charge in [0.05, 0.1) is 0 Å². The van der Waals surface area contributed by atoms with Gasteiger partial charge in [-0.25, -0.2) is 0 Å². The molecule has 0 spiro atoms. The standard InChI is InChI=1S/C7H9Cl/c8-7-5-3-1-2-4-6(5)7/h1-2,5-7H,3-4H2/t5-,6+,7?. The van der Waals surface area contributed by atoms with Gasteiger partial charge in [0.25, 0.3) is 0 Å². The van der Waals surface area contributed by atoms with Crippen LogP contribution in [0.1, 0.15) is 12.8 Å². The summed E-state index contributed by atoms with van der Waals surface area (Å²) in [6.45, 7) is 0. The fourth-order valence-electron chi connectivity index (χ4n) is 1.51. The second-order valence-corrected chi connectivity index (χ2v) is 3.22. The number of hydrogen-bond acceptors (Lipinski definition) is 0. The van der Waals surface area contributed by atoms with Crippen molar-refractivity contribution in [3.8, 4) is 0 Å². The number of halogens is 1. The van der Waals surface area contributed by atoms with Crippen molar-refractivity contribution >= 4 is 11.6 Å². The molecule has 0 nitrogen and oxygen atoms in total. The lowest BCUT2D eigenvalue weighted by Crippen LogP contribution is -1.83. The number of fused-ring (bicyclic) bond motifs is 1. The molecule has 8 heavy (non-hydrogen) atoms. The first-order valence-corrected chi connectivity index (χ1v) is 3.62. The van der Waals surface area contributed by atoms with Gasteiger partial charge in [-0.15, -0.1) is 11.6 Å². The van der Waals surface area contributed by atoms with Gasteiger partial charge in [-0.2, -0.15) is 0 Å². The smallest absolute Gasteiger partial charge is 0.0404 e. The molecule has 3 atom stereocenters. The average Bonchev–Trinajstić information content (AvgIpc) is 2.46. The Balaban J connectivity index is 2.08. The molecule has 0 aliphatic heterocycles. The van der Waals surface area contributed by atoms with Gasteiger partial charge in [-0.1, -0.05) is 12.2 Å². The summed E-state index contributed by atoms with van der Waals surface area (Å²) in [5, 5.41) is 0.519. The second-order valence-electron chi connectivity index (χ2n) is 2.71. The molecule has 2 aliphatic rings. The van der Waals surface area contributed by atoms with Crippen LogP contribution in [-0.4, -0.2) is 5.38 Å². The normalized spacial score (nSPS) is 50.9. The minimum absolute atomic E-state index is 0.519. The van der Waals surface area contributed by atoms with Crippen LogP contribution in [-0.2, 0) is 0 Å². The molecule has 0 N–H and O–H groups in total. The highest BCUT2D eigenvalue weighted by molar-refractivity contribution is 6.23. The van der Waals surface area contributed by atoms with Crippen molar-refractivity contribution in [2.75, 3.05) is 0 Å². The van der Waals surface area contributed by atoms with Crippen molar-refractivity contribution in [2.24, 2.45) is 11.8 Å². The zero-order valence-electron chi connectivity index (χ0n) is 4.68. The topological polar surface area (TPSA) is 0 Å². The van der Waals surface area contributed by atoms with Crippen molar-refractivity contribution < 1.29 is 0 Å². The molecule has 44 valence electrons. The first-order valence-electron chi connectivity index (χ1n) is 3.18. The predicted octanol–water partition coefficient (Wildman–Crippen LogP) is 2.19. The fourth-order valence-corrected chi connectivity index (χ4v) is 2.01. The summed E-state index contributed by atoms with van der Waals surface area (Å²) < 4.78 is 0. The molecular weight excluding hydrogens is 120 g/mol. The zero-order valence-corrected chi connectivity index (χ0v) is 5.43. The van der Waals surface area contributed by atoms with E-state index in [1.165, 1.54) is 12.8 Å². The maximum atomic E-state index is 5.92. The van der Waals surface area contributed by atoms with Gasteiger partial charge < -0.3 is 0 Å². The van der Waals surface area contributed by atoms with E-state index in [-0.39, 0.29) is 0 Å². The van der Waals surface area contributed by atoms with Crippen LogP contribution in [0, 0.1) is 11.8 Å². The molecule has 0 saturated heterocycles. The Labute approximate surface area is 54.5 Å². The van der Waals surface area contributed by atoms with E-state index in [2.05, 4.69) is 12.2 Å². The average molecular weight is 129 g/mol. The highest BCUT2D eigenvalue weighted by Gasteiger charge is 2.47. The van der Waals surface area contributed by atoms with Gasteiger partial charge in [0.2, 0.25) is 0 Å². The third-order valence-corrected chi connectivity index (χ3v) is 2.86. The van der Waals surface area contributed by atoms with Gasteiger partial charge >= 0.3 is 0 Å². The molecule has 1 unspecified atom stereocenters. The third kappa shape index (κ3) is 0.526. The first kappa shape index (κ1) is 4.87. The van der Waals surface area contributed by atoms with E-state index in [9.17, 15) is 0 Å². The third-order valence-electron chi connectivity index (χ3n) is 2.21. The Morgan fingerprint density at radius 3 is 2.00 bits per heavy atom. The SMILES string of the molecule is ClC1[C@H]2CC=CC[C@@H]12. The summed E-state index contributed by atoms with van der Waals surface area (Å²) in [7, 11) is 0. The highest BCUT2D eigenvalue weighted by Crippen LogP contribution is 2.50. The van der Waals surface area contributed by atoms with Crippen LogP contribution in [0.3, 0.4) is 0 Å². The molecule has 1 saturated carbocycles. The Kier molecular flexibility index (Phi) is 0.916. The quantitative estimate of drug-likeness (QED) is 0.347. The Morgan fingerprint density at radius 2 is 1.62 bits per heavy atom. The molecule has 0 radical (unpaired) electrons. The van der Waals surface area contributed by atoms with Gasteiger partial charge in [0.15, 0.2) is 0 Å². The van der Waals surface area contributed by atoms with Gasteiger partial charge in [-0.3, -0.25) is 0 Å². The van der Waals surface area contributed by atoms with E-state index in [1.54, 1.807) is 0 Å². The molecule has 0 heterocycles. The minimum Gasteiger partial charge on any atom is -0.122 e. The lowest BCUT2D eigenvalue weighted by atomic mass is 10.1. The molecule has 2 rings (SSSR count). The van der Waals surface area contributed by atoms with E-state index >= 15 is 0 Å². The van der Waals surface area contributed by atoms with Gasteiger partial charge in [0.1, 0.15) is 0 Å². The van der Waals surface area contributed by atoms with E-state index < -0.39 is 0 Å². The zero-order chi connectivity index (χ0) is 5.56. The summed E-state index contributed by atoms with van der Waals surface area (Å²) in [6, 6.07) is 0. The van der Waals surface area contributed by atoms with Crippen LogP contribution in [0.2, 0.25) is 0 Å². The number of allylic oxidation sites excluding steroid dienone is 2. The first-order chi connectivity index (χ1) is 3.89. The Bertz CT molecular complexity index is 114. The maximum Gasteiger partial charge on any atom is 0.0404 e. The fraction of sp³-hybridized carbons (Fsp3) is 0.714. The molecule has 2 aliphatic carbocycles. The summed E-state index contributed by atoms with van der Waals surface area (Å²) in [4.78, 5) is 0. The van der Waals surface area contributed by atoms with Crippen LogP contribution >= 0.6 is 11.6 Å². The van der Waals surface area contributed by atoms with Gasteiger partial charge in [-0.05, 0) is 24.7 Å². The van der Waals surface area contributed by atoms with Crippen LogP contribution in [0.4, 0.5) is 0 Å². The number of rotatable bonds is 0. The monoisotopic (exact) mass is 128 g/mol. The summed E-state index contributed by atoms with van der Waals surface area (Å²) in [5.74, 6) is 1.70. The maximum absolute atomic E-state index is 5.92. The lowest BCUT2D eigenvalue weighted by Gasteiger charge is -1.96. The number of alkyl halides is 1. The second kappa shape index (κ2) is 1.51. The predicted molar refractivity (Wildman–Crippen MR) is 35.0 cm³/mol. The molecule has 0 amide bonds. The lowest BCUT2D eigenvalue weighted by molar-refractivity contribution is 0.689. The summed E-state index contributed by atoms with van der Waals surface area (Å²) in [5.41, 5.74) is 0. The largest absolute Gasteiger partial charge is 0.122 e. The Morgan fingerprint density at radius 1 is 1.12 bits per heavy atom. The molecule has 0 aromatic carbocycles. The molecule has 0 aromatic heterocycles. The van der Waals surface area contributed by atoms with E-state index in [1.807, 2.05) is 0 Å². The number of hydrogen-bond donors (Lipinski definition) is 0. The van der Waals surface area contributed by atoms with Crippen molar-refractivity contribution in [1.29, 1.82) is 0 Å². The van der Waals surface area contributed by atoms with Crippen LogP contribution < -0.4 is 0 Å². The van der Waals surface area contributed by atoms with Crippen molar-refractivity contribution in [3.63, 3.8) is 0 Å². The Hall–Kier alpha value is 0.0300. The molecule has 0 aromatic rings. The summed E-state index contributed by atoms with van der Waals surface area (Å²) in [6.07, 6.45) is 6.98. The van der Waals surface area contributed by atoms with Gasteiger partial charge in [0, 0.05) is 5.38 Å². The van der Waals surface area contributed by atoms with Crippen LogP contribution in [0.15, 0.2) is 12.2 Å². The van der Waals surface area contributed by atoms with E-state index in [0.29, 0.717) is 5.38 Å².